The Labute approximate surface area is 123 Å². The van der Waals surface area contributed by atoms with Crippen LogP contribution in [0.25, 0.3) is 0 Å². The van der Waals surface area contributed by atoms with Gasteiger partial charge in [0, 0.05) is 0 Å². The Bertz CT molecular complexity index is 519. The van der Waals surface area contributed by atoms with Gasteiger partial charge in [-0.15, -0.1) is 0 Å². The van der Waals surface area contributed by atoms with Gasteiger partial charge in [0.25, 0.3) is 0 Å². The number of hydrogen-bond acceptors (Lipinski definition) is 6. The van der Waals surface area contributed by atoms with Crippen LogP contribution in [0.2, 0.25) is 6.04 Å². The SMILES string of the molecule is OCc1cn(CCC[Si-]234OCC[N+]2(CCO3)CCO4)nn1. The van der Waals surface area contributed by atoms with E-state index in [9.17, 15) is 0 Å². The molecule has 0 unspecified atom stereocenters. The van der Waals surface area contributed by atoms with E-state index in [1.54, 1.807) is 10.9 Å². The average Bonchev–Trinajstić information content (AvgIpc) is 3.13. The number of aromatic nitrogens is 3. The predicted molar refractivity (Wildman–Crippen MR) is 73.8 cm³/mol. The molecule has 0 aliphatic carbocycles. The Balaban J connectivity index is 1.48. The first-order chi connectivity index (χ1) is 10.2. The molecular weight excluding hydrogens is 292 g/mol. The minimum absolute atomic E-state index is 0.0732. The second-order valence-electron chi connectivity index (χ2n) is 6.21. The third-order valence-electron chi connectivity index (χ3n) is 5.36. The molecule has 8 nitrogen and oxygen atoms in total. The number of hydrogen-bond donors (Lipinski definition) is 1. The van der Waals surface area contributed by atoms with Gasteiger partial charge in [0.05, 0.1) is 0 Å². The number of rotatable bonds is 5. The summed E-state index contributed by atoms with van der Waals surface area (Å²) in [6, 6.07) is 0.842. The van der Waals surface area contributed by atoms with Crippen molar-refractivity contribution in [3.63, 3.8) is 0 Å². The van der Waals surface area contributed by atoms with Gasteiger partial charge >= 0.3 is 123 Å². The van der Waals surface area contributed by atoms with Crippen LogP contribution in [0, 0.1) is 0 Å². The van der Waals surface area contributed by atoms with Crippen LogP contribution < -0.4 is 0 Å². The third-order valence-corrected chi connectivity index (χ3v) is 11.4. The maximum absolute atomic E-state index is 9.02. The average molecular weight is 314 g/mol. The standard InChI is InChI=1S/C12H22N4O4Si/c17-11-12-10-15(14-13-12)2-1-9-21-16(3-6-18-21,4-7-19-21)5-8-20-21/h10,17H,1-9,11H2. The van der Waals surface area contributed by atoms with Gasteiger partial charge in [-0.1, -0.05) is 0 Å². The molecule has 0 bridgehead atoms. The van der Waals surface area contributed by atoms with Gasteiger partial charge in [-0.3, -0.25) is 0 Å². The van der Waals surface area contributed by atoms with Crippen molar-refractivity contribution in [2.24, 2.45) is 0 Å². The predicted octanol–water partition coefficient (Wildman–Crippen LogP) is -0.542. The fourth-order valence-electron chi connectivity index (χ4n) is 4.29. The third kappa shape index (κ3) is 1.73. The summed E-state index contributed by atoms with van der Waals surface area (Å²) in [4.78, 5) is 0. The number of nitrogens with zero attached hydrogens (tertiary/aromatic N) is 4. The molecule has 3 fully saturated rings. The molecule has 1 N–H and O–H groups in total. The molecule has 9 heteroatoms. The van der Waals surface area contributed by atoms with E-state index in [-0.39, 0.29) is 6.61 Å². The van der Waals surface area contributed by atoms with Crippen LogP contribution in [0.15, 0.2) is 6.20 Å². The van der Waals surface area contributed by atoms with Crippen molar-refractivity contribution in [2.75, 3.05) is 39.5 Å². The number of aryl methyl sites for hydroxylation is 1. The van der Waals surface area contributed by atoms with Crippen molar-refractivity contribution in [3.05, 3.63) is 11.9 Å². The summed E-state index contributed by atoms with van der Waals surface area (Å²) in [5.41, 5.74) is 0.598. The molecule has 0 radical (unpaired) electrons. The molecule has 3 saturated heterocycles. The summed E-state index contributed by atoms with van der Waals surface area (Å²) in [7, 11) is -3.24. The number of aliphatic hydroxyl groups is 1. The molecule has 0 spiro atoms. The second kappa shape index (κ2) is 4.57. The molecule has 0 saturated carbocycles. The molecule has 1 aromatic rings. The van der Waals surface area contributed by atoms with Crippen molar-refractivity contribution in [3.8, 4) is 0 Å². The number of aliphatic hydroxyl groups excluding tert-OH is 1. The van der Waals surface area contributed by atoms with Crippen LogP contribution in [-0.2, 0) is 26.4 Å². The Morgan fingerprint density at radius 2 is 1.86 bits per heavy atom. The summed E-state index contributed by atoms with van der Waals surface area (Å²) in [6.45, 7) is 6.04. The van der Waals surface area contributed by atoms with E-state index in [2.05, 4.69) is 10.3 Å². The van der Waals surface area contributed by atoms with Gasteiger partial charge < -0.3 is 0 Å². The van der Waals surface area contributed by atoms with Crippen LogP contribution in [0.4, 0.5) is 0 Å². The Morgan fingerprint density at radius 3 is 2.43 bits per heavy atom. The van der Waals surface area contributed by atoms with E-state index in [0.717, 1.165) is 62.6 Å². The molecule has 4 heterocycles. The van der Waals surface area contributed by atoms with Gasteiger partial charge in [0.15, 0.2) is 0 Å². The topological polar surface area (TPSA) is 78.6 Å². The Kier molecular flexibility index (Phi) is 3.00. The van der Waals surface area contributed by atoms with Crippen molar-refractivity contribution in [2.45, 2.75) is 25.6 Å². The molecule has 4 rings (SSSR count). The molecular formula is C12H22N4O4Si. The van der Waals surface area contributed by atoms with E-state index in [1.165, 1.54) is 0 Å². The van der Waals surface area contributed by atoms with Crippen LogP contribution in [0.5, 0.6) is 0 Å². The van der Waals surface area contributed by atoms with Crippen molar-refractivity contribution < 1.29 is 22.5 Å². The van der Waals surface area contributed by atoms with Gasteiger partial charge in [0.1, 0.15) is 0 Å². The van der Waals surface area contributed by atoms with Crippen LogP contribution in [-0.4, -0.2) is 71.9 Å². The first-order valence-electron chi connectivity index (χ1n) is 7.66. The molecule has 0 amide bonds. The minimum atomic E-state index is -3.24. The number of quaternary nitrogens is 1. The molecule has 0 aromatic carbocycles. The van der Waals surface area contributed by atoms with E-state index in [1.807, 2.05) is 0 Å². The summed E-state index contributed by atoms with van der Waals surface area (Å²) in [5.74, 6) is 0. The summed E-state index contributed by atoms with van der Waals surface area (Å²) < 4.78 is 21.4. The molecule has 3 aliphatic rings. The van der Waals surface area contributed by atoms with Crippen LogP contribution >= 0.6 is 0 Å². The Hall–Kier alpha value is -0.843. The quantitative estimate of drug-likeness (QED) is 0.735. The van der Waals surface area contributed by atoms with Gasteiger partial charge in [-0.25, -0.2) is 0 Å². The normalized spacial score (nSPS) is 34.2. The maximum atomic E-state index is 9.02. The van der Waals surface area contributed by atoms with Gasteiger partial charge in [-0.05, 0) is 0 Å². The Morgan fingerprint density at radius 1 is 1.19 bits per heavy atom. The summed E-state index contributed by atoms with van der Waals surface area (Å²) in [6.07, 6.45) is 2.67. The van der Waals surface area contributed by atoms with Gasteiger partial charge in [-0.2, -0.15) is 0 Å². The second-order valence-corrected chi connectivity index (χ2v) is 10.8. The van der Waals surface area contributed by atoms with Crippen molar-refractivity contribution in [1.29, 1.82) is 0 Å². The van der Waals surface area contributed by atoms with E-state index in [0.29, 0.717) is 5.69 Å². The zero-order chi connectivity index (χ0) is 14.4. The molecule has 3 aliphatic heterocycles. The first kappa shape index (κ1) is 13.8. The van der Waals surface area contributed by atoms with Gasteiger partial charge in [0.2, 0.25) is 0 Å². The molecule has 1 aromatic heterocycles. The van der Waals surface area contributed by atoms with E-state index >= 15 is 0 Å². The zero-order valence-electron chi connectivity index (χ0n) is 12.1. The fraction of sp³-hybridized carbons (Fsp3) is 0.833. The summed E-state index contributed by atoms with van der Waals surface area (Å²) in [5, 5.41) is 16.9. The molecule has 0 atom stereocenters. The fourth-order valence-corrected chi connectivity index (χ4v) is 10.1. The molecule has 118 valence electrons. The monoisotopic (exact) mass is 314 g/mol. The van der Waals surface area contributed by atoms with Crippen LogP contribution in [0.3, 0.4) is 0 Å². The zero-order valence-corrected chi connectivity index (χ0v) is 13.1. The molecule has 21 heavy (non-hydrogen) atoms. The van der Waals surface area contributed by atoms with Crippen molar-refractivity contribution >= 4 is 8.24 Å². The van der Waals surface area contributed by atoms with Crippen molar-refractivity contribution in [1.82, 2.24) is 15.0 Å². The summed E-state index contributed by atoms with van der Waals surface area (Å²) >= 11 is 0. The van der Waals surface area contributed by atoms with E-state index in [4.69, 9.17) is 18.4 Å². The van der Waals surface area contributed by atoms with Crippen LogP contribution in [0.1, 0.15) is 12.1 Å². The first-order valence-corrected chi connectivity index (χ1v) is 10.0. The van der Waals surface area contributed by atoms with E-state index < -0.39 is 8.24 Å².